The minimum absolute atomic E-state index is 0.308. The molecule has 2 amide bonds. The van der Waals surface area contributed by atoms with Crippen molar-refractivity contribution in [2.24, 2.45) is 11.7 Å². The van der Waals surface area contributed by atoms with Gasteiger partial charge in [-0.1, -0.05) is 13.8 Å². The summed E-state index contributed by atoms with van der Waals surface area (Å²) in [6, 6.07) is -0.513. The third kappa shape index (κ3) is 6.00. The van der Waals surface area contributed by atoms with Crippen molar-refractivity contribution in [2.45, 2.75) is 26.3 Å². The van der Waals surface area contributed by atoms with E-state index >= 15 is 0 Å². The molecule has 8 heteroatoms. The molecule has 1 atom stereocenters. The fourth-order valence-electron chi connectivity index (χ4n) is 1.59. The number of hydroxylamine groups is 1. The van der Waals surface area contributed by atoms with E-state index < -0.39 is 17.9 Å². The van der Waals surface area contributed by atoms with E-state index in [-0.39, 0.29) is 0 Å². The number of nitrogens with one attached hydrogen (secondary N) is 2. The van der Waals surface area contributed by atoms with Gasteiger partial charge >= 0.3 is 0 Å². The molecule has 0 aromatic carbocycles. The van der Waals surface area contributed by atoms with Crippen molar-refractivity contribution in [1.29, 1.82) is 0 Å². The highest BCUT2D eigenvalue weighted by Crippen LogP contribution is 2.10. The Morgan fingerprint density at radius 2 is 2.10 bits per heavy atom. The zero-order valence-electron chi connectivity index (χ0n) is 11.9. The van der Waals surface area contributed by atoms with E-state index in [1.807, 2.05) is 13.8 Å². The molecule has 0 fully saturated rings. The highest BCUT2D eigenvalue weighted by Gasteiger charge is 2.17. The molecule has 0 spiro atoms. The first-order valence-electron chi connectivity index (χ1n) is 6.42. The summed E-state index contributed by atoms with van der Waals surface area (Å²) < 4.78 is 0. The van der Waals surface area contributed by atoms with Gasteiger partial charge in [0.15, 0.2) is 0 Å². The van der Waals surface area contributed by atoms with Crippen LogP contribution in [-0.2, 0) is 9.59 Å². The molecular weight excluding hydrogens is 274 g/mol. The van der Waals surface area contributed by atoms with Gasteiger partial charge in [0, 0.05) is 6.08 Å². The largest absolute Gasteiger partial charge is 0.368 e. The summed E-state index contributed by atoms with van der Waals surface area (Å²) in [5.74, 6) is -0.385. The molecule has 1 heterocycles. The Kier molecular flexibility index (Phi) is 6.28. The lowest BCUT2D eigenvalue weighted by Gasteiger charge is -2.17. The number of carbonyl (C=O) groups excluding carboxylic acids is 2. The lowest BCUT2D eigenvalue weighted by atomic mass is 10.0. The van der Waals surface area contributed by atoms with Crippen LogP contribution in [0.5, 0.6) is 0 Å². The number of amides is 2. The SMILES string of the molecule is CC(C)C[C@@H](Nc1cnc(C=CC(=O)NO)cn1)C(N)=O. The molecule has 5 N–H and O–H groups in total. The zero-order valence-corrected chi connectivity index (χ0v) is 11.9. The first kappa shape index (κ1) is 16.6. The van der Waals surface area contributed by atoms with Gasteiger partial charge in [-0.15, -0.1) is 0 Å². The van der Waals surface area contributed by atoms with Gasteiger partial charge in [0.2, 0.25) is 5.91 Å². The standard InChI is InChI=1S/C13H19N5O3/c1-8(2)5-10(13(14)20)17-11-7-15-9(6-16-11)3-4-12(19)18-21/h3-4,6-8,10,21H,5H2,1-2H3,(H2,14,20)(H,16,17)(H,18,19)/t10-/m1/s1. The maximum absolute atomic E-state index is 11.3. The molecule has 0 aliphatic carbocycles. The fraction of sp³-hybridized carbons (Fsp3) is 0.385. The first-order valence-corrected chi connectivity index (χ1v) is 6.42. The van der Waals surface area contributed by atoms with Crippen molar-refractivity contribution < 1.29 is 14.8 Å². The maximum atomic E-state index is 11.3. The van der Waals surface area contributed by atoms with E-state index in [2.05, 4.69) is 15.3 Å². The number of hydrogen-bond acceptors (Lipinski definition) is 6. The molecule has 0 aliphatic rings. The summed E-state index contributed by atoms with van der Waals surface area (Å²) in [5.41, 5.74) is 7.23. The Morgan fingerprint density at radius 1 is 1.38 bits per heavy atom. The second-order valence-electron chi connectivity index (χ2n) is 4.86. The third-order valence-electron chi connectivity index (χ3n) is 2.56. The summed E-state index contributed by atoms with van der Waals surface area (Å²) in [6.45, 7) is 3.98. The second kappa shape index (κ2) is 7.95. The van der Waals surface area contributed by atoms with Crippen LogP contribution in [0.3, 0.4) is 0 Å². The minimum Gasteiger partial charge on any atom is -0.368 e. The summed E-state index contributed by atoms with van der Waals surface area (Å²) in [6.07, 6.45) is 5.96. The molecule has 0 saturated carbocycles. The topological polar surface area (TPSA) is 130 Å². The van der Waals surface area contributed by atoms with Crippen molar-refractivity contribution in [3.63, 3.8) is 0 Å². The van der Waals surface area contributed by atoms with E-state index in [0.717, 1.165) is 6.08 Å². The highest BCUT2D eigenvalue weighted by molar-refractivity contribution is 5.90. The van der Waals surface area contributed by atoms with E-state index in [1.165, 1.54) is 23.9 Å². The molecule has 0 aliphatic heterocycles. The van der Waals surface area contributed by atoms with Gasteiger partial charge in [-0.3, -0.25) is 19.8 Å². The number of anilines is 1. The smallest absolute Gasteiger partial charge is 0.267 e. The first-order chi connectivity index (χ1) is 9.92. The number of aromatic nitrogens is 2. The average molecular weight is 293 g/mol. The van der Waals surface area contributed by atoms with Crippen molar-refractivity contribution in [3.05, 3.63) is 24.2 Å². The molecule has 0 saturated heterocycles. The van der Waals surface area contributed by atoms with Gasteiger partial charge in [-0.25, -0.2) is 10.5 Å². The van der Waals surface area contributed by atoms with Gasteiger partial charge < -0.3 is 11.1 Å². The number of rotatable bonds is 7. The quantitative estimate of drug-likeness (QED) is 0.325. The van der Waals surface area contributed by atoms with Gasteiger partial charge in [0.25, 0.3) is 5.91 Å². The van der Waals surface area contributed by atoms with Crippen LogP contribution in [-0.4, -0.2) is 33.0 Å². The van der Waals surface area contributed by atoms with E-state index in [1.54, 1.807) is 0 Å². The molecule has 0 bridgehead atoms. The van der Waals surface area contributed by atoms with Crippen LogP contribution >= 0.6 is 0 Å². The third-order valence-corrected chi connectivity index (χ3v) is 2.56. The van der Waals surface area contributed by atoms with E-state index in [9.17, 15) is 9.59 Å². The maximum Gasteiger partial charge on any atom is 0.267 e. The lowest BCUT2D eigenvalue weighted by molar-refractivity contribution is -0.124. The summed E-state index contributed by atoms with van der Waals surface area (Å²) in [5, 5.41) is 11.3. The highest BCUT2D eigenvalue weighted by atomic mass is 16.5. The predicted octanol–water partition coefficient (Wildman–Crippen LogP) is 0.307. The van der Waals surface area contributed by atoms with Gasteiger partial charge in [0.05, 0.1) is 18.1 Å². The van der Waals surface area contributed by atoms with Crippen LogP contribution in [0.2, 0.25) is 0 Å². The molecular formula is C13H19N5O3. The molecule has 1 aromatic heterocycles. The molecule has 0 unspecified atom stereocenters. The summed E-state index contributed by atoms with van der Waals surface area (Å²) in [4.78, 5) is 30.3. The Bertz CT molecular complexity index is 513. The Morgan fingerprint density at radius 3 is 2.57 bits per heavy atom. The fourth-order valence-corrected chi connectivity index (χ4v) is 1.59. The molecule has 1 rings (SSSR count). The molecule has 0 radical (unpaired) electrons. The van der Waals surface area contributed by atoms with Gasteiger partial charge in [-0.2, -0.15) is 0 Å². The Balaban J connectivity index is 2.70. The normalized spacial score (nSPS) is 12.4. The molecule has 8 nitrogen and oxygen atoms in total. The Labute approximate surface area is 122 Å². The molecule has 1 aromatic rings. The number of nitrogens with two attached hydrogens (primary N) is 1. The monoisotopic (exact) mass is 293 g/mol. The molecule has 21 heavy (non-hydrogen) atoms. The van der Waals surface area contributed by atoms with E-state index in [4.69, 9.17) is 10.9 Å². The number of hydrogen-bond donors (Lipinski definition) is 4. The second-order valence-corrected chi connectivity index (χ2v) is 4.86. The van der Waals surface area contributed by atoms with Crippen LogP contribution in [0, 0.1) is 5.92 Å². The van der Waals surface area contributed by atoms with Crippen LogP contribution in [0.4, 0.5) is 5.82 Å². The minimum atomic E-state index is -0.662. The van der Waals surface area contributed by atoms with Crippen LogP contribution in [0.25, 0.3) is 6.08 Å². The Hall–Kier alpha value is -2.48. The number of carbonyl (C=O) groups is 2. The summed E-state index contributed by atoms with van der Waals surface area (Å²) >= 11 is 0. The van der Waals surface area contributed by atoms with Crippen LogP contribution in [0.1, 0.15) is 26.0 Å². The van der Waals surface area contributed by atoms with Gasteiger partial charge in [0.1, 0.15) is 11.9 Å². The van der Waals surface area contributed by atoms with Crippen LogP contribution in [0.15, 0.2) is 18.5 Å². The zero-order chi connectivity index (χ0) is 15.8. The number of primary amides is 1. The van der Waals surface area contributed by atoms with Crippen molar-refractivity contribution in [2.75, 3.05) is 5.32 Å². The van der Waals surface area contributed by atoms with Crippen molar-refractivity contribution in [3.8, 4) is 0 Å². The van der Waals surface area contributed by atoms with E-state index in [0.29, 0.717) is 23.9 Å². The number of nitrogens with zero attached hydrogens (tertiary/aromatic N) is 2. The lowest BCUT2D eigenvalue weighted by Crippen LogP contribution is -2.36. The molecule has 114 valence electrons. The van der Waals surface area contributed by atoms with Crippen molar-refractivity contribution in [1.82, 2.24) is 15.4 Å². The predicted molar refractivity (Wildman–Crippen MR) is 77.1 cm³/mol. The van der Waals surface area contributed by atoms with Crippen LogP contribution < -0.4 is 16.5 Å². The van der Waals surface area contributed by atoms with Crippen molar-refractivity contribution >= 4 is 23.7 Å². The van der Waals surface area contributed by atoms with Gasteiger partial charge in [-0.05, 0) is 18.4 Å². The average Bonchev–Trinajstić information content (AvgIpc) is 2.44. The summed E-state index contributed by atoms with van der Waals surface area (Å²) in [7, 11) is 0.